The van der Waals surface area contributed by atoms with E-state index in [0.717, 1.165) is 4.31 Å². The standard InChI is InChI=1S/C14H17N3O4S/c1-4-8-15-13(18)10-16-14(19)11-6-5-7-12(9-11)22(20,21)17(2)3/h1,5-7,9H,8,10H2,2-3H3,(H,15,18)(H,16,19). The molecule has 0 bridgehead atoms. The molecule has 2 N–H and O–H groups in total. The predicted molar refractivity (Wildman–Crippen MR) is 81.5 cm³/mol. The van der Waals surface area contributed by atoms with Crippen molar-refractivity contribution in [2.45, 2.75) is 4.90 Å². The smallest absolute Gasteiger partial charge is 0.251 e. The number of hydrogen-bond acceptors (Lipinski definition) is 4. The zero-order valence-corrected chi connectivity index (χ0v) is 13.1. The Bertz CT molecular complexity index is 705. The molecule has 0 heterocycles. The first-order valence-corrected chi connectivity index (χ1v) is 7.74. The van der Waals surface area contributed by atoms with Gasteiger partial charge in [-0.1, -0.05) is 12.0 Å². The highest BCUT2D eigenvalue weighted by atomic mass is 32.2. The van der Waals surface area contributed by atoms with E-state index < -0.39 is 21.8 Å². The van der Waals surface area contributed by atoms with E-state index >= 15 is 0 Å². The number of carbonyl (C=O) groups excluding carboxylic acids is 2. The maximum absolute atomic E-state index is 12.0. The van der Waals surface area contributed by atoms with E-state index in [2.05, 4.69) is 16.6 Å². The van der Waals surface area contributed by atoms with E-state index in [-0.39, 0.29) is 23.5 Å². The van der Waals surface area contributed by atoms with Crippen molar-refractivity contribution in [2.24, 2.45) is 0 Å². The Morgan fingerprint density at radius 1 is 1.27 bits per heavy atom. The van der Waals surface area contributed by atoms with Crippen molar-refractivity contribution in [3.8, 4) is 12.3 Å². The van der Waals surface area contributed by atoms with Gasteiger partial charge in [0.05, 0.1) is 18.0 Å². The molecule has 2 amide bonds. The second-order valence-corrected chi connectivity index (χ2v) is 6.63. The van der Waals surface area contributed by atoms with Gasteiger partial charge >= 0.3 is 0 Å². The Balaban J connectivity index is 2.80. The van der Waals surface area contributed by atoms with Gasteiger partial charge in [0.25, 0.3) is 5.91 Å². The SMILES string of the molecule is C#CCNC(=O)CNC(=O)c1cccc(S(=O)(=O)N(C)C)c1. The Morgan fingerprint density at radius 3 is 2.55 bits per heavy atom. The van der Waals surface area contributed by atoms with Gasteiger partial charge < -0.3 is 10.6 Å². The third-order valence-electron chi connectivity index (χ3n) is 2.67. The van der Waals surface area contributed by atoms with E-state index in [1.165, 1.54) is 38.4 Å². The Labute approximate surface area is 129 Å². The van der Waals surface area contributed by atoms with Crippen LogP contribution in [0.15, 0.2) is 29.2 Å². The normalized spacial score (nSPS) is 10.8. The molecule has 7 nitrogen and oxygen atoms in total. The van der Waals surface area contributed by atoms with Crippen molar-refractivity contribution >= 4 is 21.8 Å². The lowest BCUT2D eigenvalue weighted by molar-refractivity contribution is -0.119. The molecule has 0 unspecified atom stereocenters. The number of amides is 2. The van der Waals surface area contributed by atoms with Crippen LogP contribution in [0.25, 0.3) is 0 Å². The molecular weight excluding hydrogens is 306 g/mol. The quantitative estimate of drug-likeness (QED) is 0.685. The van der Waals surface area contributed by atoms with Crippen molar-refractivity contribution in [3.05, 3.63) is 29.8 Å². The summed E-state index contributed by atoms with van der Waals surface area (Å²) in [5, 5.41) is 4.78. The predicted octanol–water partition coefficient (Wildman–Crippen LogP) is -0.584. The Hall–Kier alpha value is -2.37. The Kier molecular flexibility index (Phi) is 6.10. The van der Waals surface area contributed by atoms with Crippen LogP contribution in [-0.2, 0) is 14.8 Å². The van der Waals surface area contributed by atoms with Crippen LogP contribution in [-0.4, -0.2) is 51.7 Å². The minimum Gasteiger partial charge on any atom is -0.344 e. The lowest BCUT2D eigenvalue weighted by Gasteiger charge is -2.12. The zero-order chi connectivity index (χ0) is 16.8. The summed E-state index contributed by atoms with van der Waals surface area (Å²) in [5.41, 5.74) is 0.146. The van der Waals surface area contributed by atoms with Gasteiger partial charge in [0.1, 0.15) is 0 Å². The summed E-state index contributed by atoms with van der Waals surface area (Å²) in [6.07, 6.45) is 4.99. The Morgan fingerprint density at radius 2 is 1.95 bits per heavy atom. The lowest BCUT2D eigenvalue weighted by Crippen LogP contribution is -2.37. The van der Waals surface area contributed by atoms with Gasteiger partial charge in [-0.3, -0.25) is 9.59 Å². The molecule has 0 aliphatic carbocycles. The molecule has 0 fully saturated rings. The number of sulfonamides is 1. The number of hydrogen-bond donors (Lipinski definition) is 2. The lowest BCUT2D eigenvalue weighted by atomic mass is 10.2. The van der Waals surface area contributed by atoms with Crippen LogP contribution in [0, 0.1) is 12.3 Å². The molecule has 0 aliphatic rings. The summed E-state index contributed by atoms with van der Waals surface area (Å²) in [6.45, 7) is -0.170. The molecule has 0 atom stereocenters. The monoisotopic (exact) mass is 323 g/mol. The number of nitrogens with one attached hydrogen (secondary N) is 2. The molecule has 1 rings (SSSR count). The van der Waals surface area contributed by atoms with Gasteiger partial charge in [-0.15, -0.1) is 6.42 Å². The van der Waals surface area contributed by atoms with Crippen molar-refractivity contribution in [3.63, 3.8) is 0 Å². The molecule has 0 spiro atoms. The maximum atomic E-state index is 12.0. The first-order valence-electron chi connectivity index (χ1n) is 6.30. The van der Waals surface area contributed by atoms with Gasteiger partial charge in [-0.05, 0) is 18.2 Å². The van der Waals surface area contributed by atoms with Gasteiger partial charge in [0.2, 0.25) is 15.9 Å². The van der Waals surface area contributed by atoms with Crippen LogP contribution < -0.4 is 10.6 Å². The zero-order valence-electron chi connectivity index (χ0n) is 12.3. The van der Waals surface area contributed by atoms with Gasteiger partial charge in [0.15, 0.2) is 0 Å². The first kappa shape index (κ1) is 17.7. The number of benzene rings is 1. The number of terminal acetylenes is 1. The summed E-state index contributed by atoms with van der Waals surface area (Å²) in [7, 11) is -0.823. The highest BCUT2D eigenvalue weighted by Crippen LogP contribution is 2.14. The molecule has 0 saturated carbocycles. The summed E-state index contributed by atoms with van der Waals surface area (Å²) < 4.78 is 25.1. The van der Waals surface area contributed by atoms with Crippen molar-refractivity contribution in [2.75, 3.05) is 27.2 Å². The van der Waals surface area contributed by atoms with Crippen molar-refractivity contribution in [1.29, 1.82) is 0 Å². The fraction of sp³-hybridized carbons (Fsp3) is 0.286. The fourth-order valence-electron chi connectivity index (χ4n) is 1.48. The topological polar surface area (TPSA) is 95.6 Å². The molecule has 0 aliphatic heterocycles. The van der Waals surface area contributed by atoms with E-state index in [1.54, 1.807) is 0 Å². The molecule has 1 aromatic rings. The van der Waals surface area contributed by atoms with Crippen LogP contribution in [0.1, 0.15) is 10.4 Å². The van der Waals surface area contributed by atoms with Crippen LogP contribution in [0.3, 0.4) is 0 Å². The number of nitrogens with zero attached hydrogens (tertiary/aromatic N) is 1. The largest absolute Gasteiger partial charge is 0.344 e. The summed E-state index contributed by atoms with van der Waals surface area (Å²) in [4.78, 5) is 23.3. The van der Waals surface area contributed by atoms with Crippen LogP contribution >= 0.6 is 0 Å². The van der Waals surface area contributed by atoms with E-state index in [0.29, 0.717) is 0 Å². The number of carbonyl (C=O) groups is 2. The van der Waals surface area contributed by atoms with Gasteiger partial charge in [-0.2, -0.15) is 0 Å². The molecule has 118 valence electrons. The highest BCUT2D eigenvalue weighted by Gasteiger charge is 2.18. The van der Waals surface area contributed by atoms with E-state index in [9.17, 15) is 18.0 Å². The minimum atomic E-state index is -3.62. The summed E-state index contributed by atoms with van der Waals surface area (Å²) >= 11 is 0. The average molecular weight is 323 g/mol. The minimum absolute atomic E-state index is 0.00179. The summed E-state index contributed by atoms with van der Waals surface area (Å²) in [5.74, 6) is 1.26. The third kappa shape index (κ3) is 4.58. The molecule has 0 radical (unpaired) electrons. The van der Waals surface area contributed by atoms with Crippen LogP contribution in [0.2, 0.25) is 0 Å². The molecule has 0 saturated heterocycles. The van der Waals surface area contributed by atoms with Crippen LogP contribution in [0.5, 0.6) is 0 Å². The van der Waals surface area contributed by atoms with Gasteiger partial charge in [0, 0.05) is 19.7 Å². The van der Waals surface area contributed by atoms with Gasteiger partial charge in [-0.25, -0.2) is 12.7 Å². The maximum Gasteiger partial charge on any atom is 0.251 e. The van der Waals surface area contributed by atoms with E-state index in [1.807, 2.05) is 0 Å². The summed E-state index contributed by atoms with van der Waals surface area (Å²) in [6, 6.07) is 5.57. The molecular formula is C14H17N3O4S. The molecule has 0 aromatic heterocycles. The molecule has 8 heteroatoms. The molecule has 1 aromatic carbocycles. The fourth-order valence-corrected chi connectivity index (χ4v) is 2.43. The first-order chi connectivity index (χ1) is 10.3. The third-order valence-corrected chi connectivity index (χ3v) is 4.48. The number of rotatable bonds is 6. The van der Waals surface area contributed by atoms with Crippen LogP contribution in [0.4, 0.5) is 0 Å². The van der Waals surface area contributed by atoms with E-state index in [4.69, 9.17) is 6.42 Å². The second-order valence-electron chi connectivity index (χ2n) is 4.48. The average Bonchev–Trinajstić information content (AvgIpc) is 2.50. The highest BCUT2D eigenvalue weighted by molar-refractivity contribution is 7.89. The van der Waals surface area contributed by atoms with Crippen molar-refractivity contribution in [1.82, 2.24) is 14.9 Å². The second kappa shape index (κ2) is 7.59. The van der Waals surface area contributed by atoms with Crippen molar-refractivity contribution < 1.29 is 18.0 Å². The molecule has 22 heavy (non-hydrogen) atoms.